The van der Waals surface area contributed by atoms with E-state index >= 15 is 0 Å². The van der Waals surface area contributed by atoms with Crippen molar-refractivity contribution in [3.63, 3.8) is 0 Å². The lowest BCUT2D eigenvalue weighted by Crippen LogP contribution is -2.43. The molecule has 0 aromatic rings. The van der Waals surface area contributed by atoms with Gasteiger partial charge in [0.2, 0.25) is 0 Å². The van der Waals surface area contributed by atoms with Gasteiger partial charge in [-0.25, -0.2) is 0 Å². The molecule has 1 saturated carbocycles. The van der Waals surface area contributed by atoms with Crippen LogP contribution in [0.2, 0.25) is 0 Å². The fraction of sp³-hybridized carbons (Fsp3) is 0.700. The van der Waals surface area contributed by atoms with Crippen molar-refractivity contribution in [2.24, 2.45) is 11.8 Å². The summed E-state index contributed by atoms with van der Waals surface area (Å²) < 4.78 is 4.92. The molecular formula is C10H15NO2. The van der Waals surface area contributed by atoms with Crippen LogP contribution in [0.3, 0.4) is 0 Å². The summed E-state index contributed by atoms with van der Waals surface area (Å²) in [5, 5.41) is 3.06. The highest BCUT2D eigenvalue weighted by molar-refractivity contribution is 5.38. The summed E-state index contributed by atoms with van der Waals surface area (Å²) in [5.41, 5.74) is 0. The SMILES string of the molecule is C#CC1CC(OC=O)C1CCNC. The molecule has 0 spiro atoms. The van der Waals surface area contributed by atoms with Gasteiger partial charge in [-0.3, -0.25) is 4.79 Å². The molecule has 1 rings (SSSR count). The number of carbonyl (C=O) groups excluding carboxylic acids is 1. The summed E-state index contributed by atoms with van der Waals surface area (Å²) in [4.78, 5) is 10.1. The van der Waals surface area contributed by atoms with E-state index in [2.05, 4.69) is 11.2 Å². The molecular weight excluding hydrogens is 166 g/mol. The van der Waals surface area contributed by atoms with Crippen LogP contribution in [0.4, 0.5) is 0 Å². The van der Waals surface area contributed by atoms with E-state index in [9.17, 15) is 4.79 Å². The second-order valence-electron chi connectivity index (χ2n) is 3.34. The fourth-order valence-electron chi connectivity index (χ4n) is 1.78. The highest BCUT2D eigenvalue weighted by atomic mass is 16.5. The lowest BCUT2D eigenvalue weighted by atomic mass is 9.69. The van der Waals surface area contributed by atoms with E-state index in [1.165, 1.54) is 0 Å². The van der Waals surface area contributed by atoms with Crippen molar-refractivity contribution < 1.29 is 9.53 Å². The first-order valence-electron chi connectivity index (χ1n) is 4.53. The van der Waals surface area contributed by atoms with E-state index < -0.39 is 0 Å². The number of hydrogen-bond donors (Lipinski definition) is 1. The van der Waals surface area contributed by atoms with E-state index in [1.54, 1.807) is 0 Å². The molecule has 0 heterocycles. The summed E-state index contributed by atoms with van der Waals surface area (Å²) in [6.45, 7) is 1.44. The average molecular weight is 181 g/mol. The van der Waals surface area contributed by atoms with Crippen molar-refractivity contribution in [2.75, 3.05) is 13.6 Å². The number of nitrogens with one attached hydrogen (secondary N) is 1. The van der Waals surface area contributed by atoms with Crippen LogP contribution in [0.15, 0.2) is 0 Å². The minimum atomic E-state index is 0.0481. The third-order valence-corrected chi connectivity index (χ3v) is 2.65. The van der Waals surface area contributed by atoms with Gasteiger partial charge in [-0.15, -0.1) is 12.3 Å². The third kappa shape index (κ3) is 2.22. The van der Waals surface area contributed by atoms with Crippen molar-refractivity contribution in [1.29, 1.82) is 0 Å². The molecule has 0 amide bonds. The maximum absolute atomic E-state index is 10.1. The van der Waals surface area contributed by atoms with E-state index in [1.807, 2.05) is 7.05 Å². The van der Waals surface area contributed by atoms with Gasteiger partial charge in [0.05, 0.1) is 0 Å². The molecule has 0 aromatic carbocycles. The number of rotatable bonds is 5. The van der Waals surface area contributed by atoms with Crippen molar-refractivity contribution in [3.8, 4) is 12.3 Å². The number of hydrogen-bond acceptors (Lipinski definition) is 3. The number of ether oxygens (including phenoxy) is 1. The Morgan fingerprint density at radius 3 is 3.08 bits per heavy atom. The maximum atomic E-state index is 10.1. The molecule has 13 heavy (non-hydrogen) atoms. The van der Waals surface area contributed by atoms with Gasteiger partial charge in [-0.1, -0.05) is 0 Å². The van der Waals surface area contributed by atoms with Gasteiger partial charge in [0.15, 0.2) is 0 Å². The second-order valence-corrected chi connectivity index (χ2v) is 3.34. The van der Waals surface area contributed by atoms with Gasteiger partial charge in [0.1, 0.15) is 6.10 Å². The average Bonchev–Trinajstić information content (AvgIpc) is 2.12. The van der Waals surface area contributed by atoms with Crippen molar-refractivity contribution in [2.45, 2.75) is 18.9 Å². The van der Waals surface area contributed by atoms with Gasteiger partial charge in [0.25, 0.3) is 6.47 Å². The first-order valence-corrected chi connectivity index (χ1v) is 4.53. The smallest absolute Gasteiger partial charge is 0.293 e. The highest BCUT2D eigenvalue weighted by Gasteiger charge is 2.40. The van der Waals surface area contributed by atoms with Crippen LogP contribution in [0.25, 0.3) is 0 Å². The van der Waals surface area contributed by atoms with Gasteiger partial charge >= 0.3 is 0 Å². The maximum Gasteiger partial charge on any atom is 0.293 e. The predicted molar refractivity (Wildman–Crippen MR) is 49.9 cm³/mol. The van der Waals surface area contributed by atoms with Crippen LogP contribution in [0, 0.1) is 24.2 Å². The Morgan fingerprint density at radius 2 is 2.54 bits per heavy atom. The number of carbonyl (C=O) groups is 1. The Hall–Kier alpha value is -1.01. The number of terminal acetylenes is 1. The summed E-state index contributed by atoms with van der Waals surface area (Å²) in [5.74, 6) is 3.36. The Kier molecular flexibility index (Phi) is 3.78. The van der Waals surface area contributed by atoms with E-state index in [4.69, 9.17) is 11.2 Å². The first kappa shape index (κ1) is 10.1. The molecule has 1 aliphatic carbocycles. The van der Waals surface area contributed by atoms with Gasteiger partial charge in [-0.2, -0.15) is 0 Å². The Bertz CT molecular complexity index is 209. The quantitative estimate of drug-likeness (QED) is 0.493. The van der Waals surface area contributed by atoms with E-state index in [0.717, 1.165) is 19.4 Å². The topological polar surface area (TPSA) is 38.3 Å². The molecule has 1 N–H and O–H groups in total. The minimum absolute atomic E-state index is 0.0481. The normalized spacial score (nSPS) is 31.5. The lowest BCUT2D eigenvalue weighted by Gasteiger charge is -2.40. The standard InChI is InChI=1S/C10H15NO2/c1-3-8-6-10(13-7-12)9(8)4-5-11-2/h1,7-11H,4-6H2,2H3. The molecule has 1 fully saturated rings. The molecule has 3 heteroatoms. The van der Waals surface area contributed by atoms with Crippen molar-refractivity contribution >= 4 is 6.47 Å². The third-order valence-electron chi connectivity index (χ3n) is 2.65. The molecule has 3 nitrogen and oxygen atoms in total. The predicted octanol–water partition coefficient (Wildman–Crippen LogP) is 0.407. The van der Waals surface area contributed by atoms with Crippen LogP contribution < -0.4 is 5.32 Å². The minimum Gasteiger partial charge on any atom is -0.464 e. The van der Waals surface area contributed by atoms with Gasteiger partial charge in [-0.05, 0) is 26.4 Å². The van der Waals surface area contributed by atoms with Crippen molar-refractivity contribution in [1.82, 2.24) is 5.32 Å². The zero-order valence-electron chi connectivity index (χ0n) is 7.82. The molecule has 1 aliphatic rings. The molecule has 0 radical (unpaired) electrons. The highest BCUT2D eigenvalue weighted by Crippen LogP contribution is 2.38. The van der Waals surface area contributed by atoms with Crippen LogP contribution >= 0.6 is 0 Å². The van der Waals surface area contributed by atoms with Gasteiger partial charge in [0, 0.05) is 11.8 Å². The molecule has 0 aromatic heterocycles. The van der Waals surface area contributed by atoms with Crippen LogP contribution in [-0.4, -0.2) is 26.2 Å². The van der Waals surface area contributed by atoms with Crippen LogP contribution in [-0.2, 0) is 9.53 Å². The monoisotopic (exact) mass is 181 g/mol. The summed E-state index contributed by atoms with van der Waals surface area (Å²) in [7, 11) is 1.90. The zero-order valence-corrected chi connectivity index (χ0v) is 7.82. The fourth-order valence-corrected chi connectivity index (χ4v) is 1.78. The molecule has 3 atom stereocenters. The second kappa shape index (κ2) is 4.88. The van der Waals surface area contributed by atoms with Crippen LogP contribution in [0.1, 0.15) is 12.8 Å². The van der Waals surface area contributed by atoms with E-state index in [0.29, 0.717) is 18.3 Å². The van der Waals surface area contributed by atoms with Crippen LogP contribution in [0.5, 0.6) is 0 Å². The van der Waals surface area contributed by atoms with Gasteiger partial charge < -0.3 is 10.1 Å². The summed E-state index contributed by atoms with van der Waals surface area (Å²) in [6, 6.07) is 0. The van der Waals surface area contributed by atoms with E-state index in [-0.39, 0.29) is 6.10 Å². The Balaban J connectivity index is 2.35. The lowest BCUT2D eigenvalue weighted by molar-refractivity contribution is -0.145. The Labute approximate surface area is 78.8 Å². The Morgan fingerprint density at radius 1 is 1.77 bits per heavy atom. The largest absolute Gasteiger partial charge is 0.464 e. The van der Waals surface area contributed by atoms with Crippen molar-refractivity contribution in [3.05, 3.63) is 0 Å². The molecule has 0 aliphatic heterocycles. The first-order chi connectivity index (χ1) is 6.33. The molecule has 0 bridgehead atoms. The zero-order chi connectivity index (χ0) is 9.68. The summed E-state index contributed by atoms with van der Waals surface area (Å²) in [6.07, 6.45) is 7.19. The summed E-state index contributed by atoms with van der Waals surface area (Å²) >= 11 is 0. The molecule has 0 saturated heterocycles. The molecule has 3 unspecified atom stereocenters. The molecule has 72 valence electrons.